The van der Waals surface area contributed by atoms with Crippen molar-refractivity contribution in [3.63, 3.8) is 0 Å². The topological polar surface area (TPSA) is 57.7 Å². The van der Waals surface area contributed by atoms with Crippen LogP contribution in [0.4, 0.5) is 4.39 Å². The minimum Gasteiger partial charge on any atom is -0.334 e. The summed E-state index contributed by atoms with van der Waals surface area (Å²) in [6.07, 6.45) is 1.73. The number of rotatable bonds is 3. The summed E-state index contributed by atoms with van der Waals surface area (Å²) < 4.78 is 14.3. The van der Waals surface area contributed by atoms with Gasteiger partial charge in [0, 0.05) is 6.54 Å². The third-order valence-corrected chi connectivity index (χ3v) is 6.90. The molecule has 4 rings (SSSR count). The smallest absolute Gasteiger partial charge is 0.261 e. The zero-order valence-electron chi connectivity index (χ0n) is 15.9. The monoisotopic (exact) mass is 506 g/mol. The van der Waals surface area contributed by atoms with Gasteiger partial charge in [0.2, 0.25) is 0 Å². The van der Waals surface area contributed by atoms with E-state index in [4.69, 9.17) is 0 Å². The van der Waals surface area contributed by atoms with Gasteiger partial charge >= 0.3 is 0 Å². The van der Waals surface area contributed by atoms with Crippen LogP contribution in [0.3, 0.4) is 0 Å². The van der Waals surface area contributed by atoms with Crippen LogP contribution in [0.1, 0.15) is 50.8 Å². The Labute approximate surface area is 182 Å². The van der Waals surface area contributed by atoms with Crippen molar-refractivity contribution in [2.45, 2.75) is 25.8 Å². The first-order valence-electron chi connectivity index (χ1n) is 9.60. The predicted octanol–water partition coefficient (Wildman–Crippen LogP) is 3.97. The molecular formula is C22H20FIN2O3. The summed E-state index contributed by atoms with van der Waals surface area (Å²) in [5, 5.41) is 0. The highest BCUT2D eigenvalue weighted by Crippen LogP contribution is 2.30. The molecule has 0 bridgehead atoms. The molecule has 2 aliphatic heterocycles. The van der Waals surface area contributed by atoms with Crippen molar-refractivity contribution in [3.8, 4) is 0 Å². The summed E-state index contributed by atoms with van der Waals surface area (Å²) in [5.74, 6) is -1.23. The largest absolute Gasteiger partial charge is 0.334 e. The van der Waals surface area contributed by atoms with Crippen molar-refractivity contribution in [1.82, 2.24) is 9.80 Å². The quantitative estimate of drug-likeness (QED) is 0.468. The number of amides is 3. The van der Waals surface area contributed by atoms with Gasteiger partial charge in [0.05, 0.1) is 32.8 Å². The first kappa shape index (κ1) is 20.0. The Hall–Kier alpha value is -2.29. The normalized spacial score (nSPS) is 21.5. The van der Waals surface area contributed by atoms with Gasteiger partial charge in [-0.05, 0) is 65.6 Å². The molecule has 29 heavy (non-hydrogen) atoms. The number of hydrogen-bond donors (Lipinski definition) is 0. The second-order valence-corrected chi connectivity index (χ2v) is 8.63. The summed E-state index contributed by atoms with van der Waals surface area (Å²) in [6.45, 7) is 2.69. The summed E-state index contributed by atoms with van der Waals surface area (Å²) >= 11 is 1.84. The van der Waals surface area contributed by atoms with E-state index in [0.29, 0.717) is 23.2 Å². The van der Waals surface area contributed by atoms with Crippen LogP contribution in [0.2, 0.25) is 0 Å². The minimum atomic E-state index is -0.432. The fourth-order valence-corrected chi connectivity index (χ4v) is 4.79. The van der Waals surface area contributed by atoms with Crippen molar-refractivity contribution < 1.29 is 18.8 Å². The third kappa shape index (κ3) is 3.45. The molecule has 0 saturated carbocycles. The maximum absolute atomic E-state index is 14.0. The van der Waals surface area contributed by atoms with Gasteiger partial charge in [-0.1, -0.05) is 25.1 Å². The molecule has 2 heterocycles. The van der Waals surface area contributed by atoms with Crippen LogP contribution in [0.25, 0.3) is 0 Å². The number of piperidine rings is 1. The average Bonchev–Trinajstić information content (AvgIpc) is 2.96. The number of fused-ring (bicyclic) bond motifs is 1. The highest BCUT2D eigenvalue weighted by molar-refractivity contribution is 14.1. The van der Waals surface area contributed by atoms with Crippen LogP contribution in [0.5, 0.6) is 0 Å². The molecule has 0 spiro atoms. The van der Waals surface area contributed by atoms with Gasteiger partial charge in [0.15, 0.2) is 0 Å². The number of benzene rings is 2. The lowest BCUT2D eigenvalue weighted by Gasteiger charge is -2.41. The van der Waals surface area contributed by atoms with E-state index in [1.807, 2.05) is 29.5 Å². The maximum Gasteiger partial charge on any atom is 0.261 e. The van der Waals surface area contributed by atoms with E-state index in [1.54, 1.807) is 35.2 Å². The summed E-state index contributed by atoms with van der Waals surface area (Å²) in [6, 6.07) is 10.9. The Morgan fingerprint density at radius 2 is 1.76 bits per heavy atom. The molecule has 3 amide bonds. The lowest BCUT2D eigenvalue weighted by Crippen LogP contribution is -2.54. The zero-order valence-corrected chi connectivity index (χ0v) is 18.1. The van der Waals surface area contributed by atoms with Gasteiger partial charge in [-0.25, -0.2) is 4.39 Å². The molecule has 5 nitrogen and oxygen atoms in total. The van der Waals surface area contributed by atoms with Crippen molar-refractivity contribution in [1.29, 1.82) is 0 Å². The van der Waals surface area contributed by atoms with Gasteiger partial charge in [-0.3, -0.25) is 19.3 Å². The first-order valence-corrected chi connectivity index (χ1v) is 10.7. The van der Waals surface area contributed by atoms with Crippen LogP contribution >= 0.6 is 22.6 Å². The molecule has 2 aromatic carbocycles. The fourth-order valence-electron chi connectivity index (χ4n) is 4.20. The van der Waals surface area contributed by atoms with Gasteiger partial charge < -0.3 is 4.90 Å². The van der Waals surface area contributed by atoms with E-state index >= 15 is 0 Å². The minimum absolute atomic E-state index is 0.114. The molecular weight excluding hydrogens is 486 g/mol. The van der Waals surface area contributed by atoms with Gasteiger partial charge in [0.1, 0.15) is 5.82 Å². The zero-order chi connectivity index (χ0) is 20.7. The molecule has 0 aliphatic carbocycles. The van der Waals surface area contributed by atoms with Crippen molar-refractivity contribution >= 4 is 40.3 Å². The molecule has 0 aromatic heterocycles. The number of hydrogen-bond acceptors (Lipinski definition) is 3. The Bertz CT molecular complexity index is 974. The van der Waals surface area contributed by atoms with Gasteiger partial charge in [0.25, 0.3) is 17.7 Å². The number of imide groups is 1. The number of halogens is 2. The van der Waals surface area contributed by atoms with Crippen LogP contribution in [0, 0.1) is 15.3 Å². The summed E-state index contributed by atoms with van der Waals surface area (Å²) in [7, 11) is 0. The van der Waals surface area contributed by atoms with E-state index in [2.05, 4.69) is 0 Å². The van der Waals surface area contributed by atoms with Crippen molar-refractivity contribution in [2.75, 3.05) is 13.1 Å². The number of carbonyl (C=O) groups is 3. The summed E-state index contributed by atoms with van der Waals surface area (Å²) in [4.78, 5) is 41.8. The lowest BCUT2D eigenvalue weighted by atomic mass is 9.89. The molecule has 7 heteroatoms. The molecule has 150 valence electrons. The molecule has 2 aromatic rings. The first-order chi connectivity index (χ1) is 13.9. The predicted molar refractivity (Wildman–Crippen MR) is 114 cm³/mol. The van der Waals surface area contributed by atoms with Crippen LogP contribution < -0.4 is 0 Å². The van der Waals surface area contributed by atoms with Crippen LogP contribution in [0.15, 0.2) is 42.5 Å². The van der Waals surface area contributed by atoms with E-state index in [9.17, 15) is 18.8 Å². The second kappa shape index (κ2) is 7.85. The third-order valence-electron chi connectivity index (χ3n) is 5.81. The Kier molecular flexibility index (Phi) is 5.42. The summed E-state index contributed by atoms with van der Waals surface area (Å²) in [5.41, 5.74) is 1.11. The second-order valence-electron chi connectivity index (χ2n) is 7.55. The van der Waals surface area contributed by atoms with Crippen molar-refractivity contribution in [2.24, 2.45) is 5.92 Å². The molecule has 1 saturated heterocycles. The molecule has 1 fully saturated rings. The number of carbonyl (C=O) groups excluding carboxylic acids is 3. The molecule has 2 atom stereocenters. The Morgan fingerprint density at radius 1 is 1.10 bits per heavy atom. The Balaban J connectivity index is 1.63. The Morgan fingerprint density at radius 3 is 2.41 bits per heavy atom. The molecule has 0 radical (unpaired) electrons. The van der Waals surface area contributed by atoms with E-state index in [0.717, 1.165) is 12.8 Å². The lowest BCUT2D eigenvalue weighted by molar-refractivity contribution is 0.0368. The SMILES string of the molecule is CC1CCCN(C(=O)c2cccc(F)c2I)C1CN1C(=O)c2ccccc2C1=O. The van der Waals surface area contributed by atoms with Gasteiger partial charge in [-0.2, -0.15) is 0 Å². The number of nitrogens with zero attached hydrogens (tertiary/aromatic N) is 2. The average molecular weight is 506 g/mol. The highest BCUT2D eigenvalue weighted by atomic mass is 127. The van der Waals surface area contributed by atoms with Crippen LogP contribution in [-0.4, -0.2) is 46.7 Å². The van der Waals surface area contributed by atoms with E-state index < -0.39 is 5.82 Å². The molecule has 2 unspecified atom stereocenters. The van der Waals surface area contributed by atoms with E-state index in [-0.39, 0.29) is 39.8 Å². The standard InChI is InChI=1S/C22H20FIN2O3/c1-13-6-5-11-25(22(29)16-9-4-10-17(23)19(16)24)18(13)12-26-20(27)14-7-2-3-8-15(14)21(26)28/h2-4,7-10,13,18H,5-6,11-12H2,1H3. The van der Waals surface area contributed by atoms with E-state index in [1.165, 1.54) is 17.0 Å². The van der Waals surface area contributed by atoms with Crippen LogP contribution in [-0.2, 0) is 0 Å². The number of likely N-dealkylation sites (tertiary alicyclic amines) is 1. The highest BCUT2D eigenvalue weighted by Gasteiger charge is 2.41. The fraction of sp³-hybridized carbons (Fsp3) is 0.318. The molecule has 0 N–H and O–H groups in total. The van der Waals surface area contributed by atoms with Gasteiger partial charge in [-0.15, -0.1) is 0 Å². The maximum atomic E-state index is 14.0. The van der Waals surface area contributed by atoms with Crippen molar-refractivity contribution in [3.05, 3.63) is 68.5 Å². The molecule has 2 aliphatic rings.